The number of nitrogens with two attached hydrogens (primary N) is 2. The van der Waals surface area contributed by atoms with E-state index in [-0.39, 0.29) is 18.2 Å². The maximum atomic E-state index is 12.2. The maximum absolute atomic E-state index is 12.2. The van der Waals surface area contributed by atoms with Crippen molar-refractivity contribution in [1.29, 1.82) is 0 Å². The summed E-state index contributed by atoms with van der Waals surface area (Å²) in [6, 6.07) is -0.447. The number of carbonyl (C=O) groups excluding carboxylic acids is 1. The summed E-state index contributed by atoms with van der Waals surface area (Å²) in [4.78, 5) is 12.2. The molecule has 0 radical (unpaired) electrons. The van der Waals surface area contributed by atoms with Crippen LogP contribution < -0.4 is 11.5 Å². The van der Waals surface area contributed by atoms with Crippen molar-refractivity contribution in [2.45, 2.75) is 204 Å². The van der Waals surface area contributed by atoms with Crippen LogP contribution in [0.1, 0.15) is 149 Å². The van der Waals surface area contributed by atoms with Crippen LogP contribution in [-0.4, -0.2) is 92.9 Å². The molecule has 1 aliphatic rings. The third-order valence-electron chi connectivity index (χ3n) is 9.00. The third-order valence-corrected chi connectivity index (χ3v) is 9.00. The van der Waals surface area contributed by atoms with Crippen molar-refractivity contribution in [2.75, 3.05) is 6.61 Å². The molecule has 9 N–H and O–H groups in total. The van der Waals surface area contributed by atoms with Gasteiger partial charge in [-0.15, -0.1) is 0 Å². The van der Waals surface area contributed by atoms with E-state index < -0.39 is 43.4 Å². The Morgan fingerprint density at radius 1 is 0.659 bits per heavy atom. The number of unbranched alkanes of at least 4 members (excludes halogenated alkanes) is 15. The van der Waals surface area contributed by atoms with E-state index in [2.05, 4.69) is 0 Å². The summed E-state index contributed by atoms with van der Waals surface area (Å²) in [6.45, 7) is 3.17. The molecule has 1 aliphatic heterocycles. The summed E-state index contributed by atoms with van der Waals surface area (Å²) in [5.74, 6) is 0.377. The van der Waals surface area contributed by atoms with E-state index >= 15 is 0 Å². The Bertz CT molecular complexity index is 696. The Labute approximate surface area is 267 Å². The number of aliphatic hydroxyl groups is 5. The van der Waals surface area contributed by atoms with Gasteiger partial charge in [0, 0.05) is 24.9 Å². The molecule has 0 amide bonds. The Hall–Kier alpha value is -0.690. The zero-order chi connectivity index (χ0) is 32.7. The lowest BCUT2D eigenvalue weighted by molar-refractivity contribution is -0.312. The molecule has 1 fully saturated rings. The van der Waals surface area contributed by atoms with Crippen molar-refractivity contribution in [2.24, 2.45) is 11.5 Å². The van der Waals surface area contributed by atoms with Crippen molar-refractivity contribution in [3.8, 4) is 0 Å². The predicted octanol–water partition coefficient (Wildman–Crippen LogP) is 3.99. The molecule has 1 heterocycles. The number of aliphatic hydroxyl groups excluding tert-OH is 5. The zero-order valence-corrected chi connectivity index (χ0v) is 27.9. The number of hydrogen-bond acceptors (Lipinski definition) is 10. The van der Waals surface area contributed by atoms with Crippen molar-refractivity contribution in [1.82, 2.24) is 0 Å². The van der Waals surface area contributed by atoms with Gasteiger partial charge in [0.25, 0.3) is 0 Å². The number of ketones is 1. The topological polar surface area (TPSA) is 189 Å². The highest BCUT2D eigenvalue weighted by Crippen LogP contribution is 2.25. The lowest BCUT2D eigenvalue weighted by Gasteiger charge is -2.41. The number of carbonyl (C=O) groups is 1. The second kappa shape index (κ2) is 25.4. The van der Waals surface area contributed by atoms with Crippen molar-refractivity contribution >= 4 is 5.78 Å². The molecule has 1 rings (SSSR count). The molecule has 44 heavy (non-hydrogen) atoms. The highest BCUT2D eigenvalue weighted by Gasteiger charge is 2.45. The number of ether oxygens (including phenoxy) is 2. The fraction of sp³-hybridized carbons (Fsp3) is 0.971. The van der Waals surface area contributed by atoms with Crippen LogP contribution in [-0.2, 0) is 14.3 Å². The first-order valence-electron chi connectivity index (χ1n) is 17.7. The van der Waals surface area contributed by atoms with Gasteiger partial charge in [-0.2, -0.15) is 0 Å². The maximum Gasteiger partial charge on any atom is 0.187 e. The van der Waals surface area contributed by atoms with Crippen LogP contribution in [0.15, 0.2) is 0 Å². The zero-order valence-electron chi connectivity index (χ0n) is 27.9. The second-order valence-corrected chi connectivity index (χ2v) is 13.3. The lowest BCUT2D eigenvalue weighted by Crippen LogP contribution is -2.60. The third kappa shape index (κ3) is 18.5. The smallest absolute Gasteiger partial charge is 0.187 e. The number of rotatable bonds is 28. The number of Topliss-reactive ketones (excluding diaryl/α,β-unsaturated/α-hetero) is 1. The monoisotopic (exact) mass is 632 g/mol. The van der Waals surface area contributed by atoms with Crippen molar-refractivity contribution < 1.29 is 39.8 Å². The van der Waals surface area contributed by atoms with E-state index in [0.717, 1.165) is 57.8 Å². The van der Waals surface area contributed by atoms with Crippen LogP contribution in [0.2, 0.25) is 0 Å². The molecule has 0 aliphatic carbocycles. The largest absolute Gasteiger partial charge is 0.394 e. The highest BCUT2D eigenvalue weighted by molar-refractivity contribution is 5.78. The molecule has 0 aromatic heterocycles. The Balaban J connectivity index is 1.96. The van der Waals surface area contributed by atoms with Crippen LogP contribution in [0.3, 0.4) is 0 Å². The molecule has 1 saturated heterocycles. The minimum absolute atomic E-state index is 0.127. The van der Waals surface area contributed by atoms with Gasteiger partial charge in [-0.1, -0.05) is 96.3 Å². The van der Waals surface area contributed by atoms with Crippen LogP contribution in [0.5, 0.6) is 0 Å². The molecule has 10 nitrogen and oxygen atoms in total. The van der Waals surface area contributed by atoms with Gasteiger partial charge in [-0.3, -0.25) is 4.79 Å². The Kier molecular flexibility index (Phi) is 23.9. The molecule has 9 atom stereocenters. The summed E-state index contributed by atoms with van der Waals surface area (Å²) in [6.07, 6.45) is 15.0. The minimum Gasteiger partial charge on any atom is -0.394 e. The van der Waals surface area contributed by atoms with E-state index in [4.69, 9.17) is 20.9 Å². The fourth-order valence-corrected chi connectivity index (χ4v) is 5.84. The summed E-state index contributed by atoms with van der Waals surface area (Å²) < 4.78 is 11.3. The quantitative estimate of drug-likeness (QED) is 0.0621. The summed E-state index contributed by atoms with van der Waals surface area (Å²) in [5.41, 5.74) is 11.8. The first kappa shape index (κ1) is 41.3. The van der Waals surface area contributed by atoms with Gasteiger partial charge >= 0.3 is 0 Å². The van der Waals surface area contributed by atoms with Crippen LogP contribution in [0.25, 0.3) is 0 Å². The fourth-order valence-electron chi connectivity index (χ4n) is 5.84. The predicted molar refractivity (Wildman–Crippen MR) is 174 cm³/mol. The molecule has 9 unspecified atom stereocenters. The highest BCUT2D eigenvalue weighted by atomic mass is 16.7. The number of hydrogen-bond donors (Lipinski definition) is 7. The summed E-state index contributed by atoms with van der Waals surface area (Å²) in [5, 5.41) is 49.2. The van der Waals surface area contributed by atoms with E-state index in [1.54, 1.807) is 0 Å². The molecule has 0 aromatic rings. The molecule has 10 heteroatoms. The molecular formula is C34H68N2O8. The van der Waals surface area contributed by atoms with E-state index in [0.29, 0.717) is 25.0 Å². The summed E-state index contributed by atoms with van der Waals surface area (Å²) in [7, 11) is 0. The van der Waals surface area contributed by atoms with Crippen LogP contribution in [0, 0.1) is 0 Å². The average Bonchev–Trinajstić information content (AvgIpc) is 2.99. The molecule has 0 bridgehead atoms. The van der Waals surface area contributed by atoms with Gasteiger partial charge in [0.15, 0.2) is 6.29 Å². The lowest BCUT2D eigenvalue weighted by atomic mass is 9.98. The molecule has 0 saturated carbocycles. The SMILES string of the molecule is CC(N)C(O)CCCCCCCCCCCCCCC(=O)CCCCCCCC(OC1OC(CO)C(O)C(O)C1O)C(C)N. The van der Waals surface area contributed by atoms with Crippen LogP contribution >= 0.6 is 0 Å². The Morgan fingerprint density at radius 2 is 1.09 bits per heavy atom. The van der Waals surface area contributed by atoms with Gasteiger partial charge in [0.05, 0.1) is 18.8 Å². The molecule has 0 spiro atoms. The van der Waals surface area contributed by atoms with Crippen molar-refractivity contribution in [3.05, 3.63) is 0 Å². The van der Waals surface area contributed by atoms with E-state index in [1.807, 2.05) is 13.8 Å². The Morgan fingerprint density at radius 3 is 1.52 bits per heavy atom. The van der Waals surface area contributed by atoms with Gasteiger partial charge in [0.2, 0.25) is 0 Å². The van der Waals surface area contributed by atoms with Gasteiger partial charge in [0.1, 0.15) is 30.2 Å². The standard InChI is InChI=1S/C34H68N2O8/c1-25(35)28(39)22-18-14-10-8-6-4-3-5-7-9-12-16-20-27(38)21-17-13-11-15-19-23-29(26(2)36)43-34-33(42)32(41)31(40)30(24-37)44-34/h25-26,28-34,37,39-42H,3-24,35-36H2,1-2H3. The second-order valence-electron chi connectivity index (χ2n) is 13.3. The average molecular weight is 633 g/mol. The van der Waals surface area contributed by atoms with Gasteiger partial charge in [-0.05, 0) is 39.5 Å². The molecule has 0 aromatic carbocycles. The first-order valence-corrected chi connectivity index (χ1v) is 17.7. The van der Waals surface area contributed by atoms with Gasteiger partial charge in [-0.25, -0.2) is 0 Å². The van der Waals surface area contributed by atoms with E-state index in [1.165, 1.54) is 57.8 Å². The summed E-state index contributed by atoms with van der Waals surface area (Å²) >= 11 is 0. The van der Waals surface area contributed by atoms with Gasteiger partial charge < -0.3 is 46.5 Å². The minimum atomic E-state index is -1.47. The molecule has 262 valence electrons. The van der Waals surface area contributed by atoms with Crippen LogP contribution in [0.4, 0.5) is 0 Å². The van der Waals surface area contributed by atoms with Crippen molar-refractivity contribution in [3.63, 3.8) is 0 Å². The first-order chi connectivity index (χ1) is 21.1. The molecular weight excluding hydrogens is 564 g/mol. The van der Waals surface area contributed by atoms with E-state index in [9.17, 15) is 30.3 Å². The normalized spacial score (nSPS) is 25.1.